The summed E-state index contributed by atoms with van der Waals surface area (Å²) in [5.74, 6) is 0.455. The standard InChI is InChI=1S/C26H29FN2O2S/c1-4-32-23-15-5-18(6-16-23)17-24(30)28-21-11-7-19(8-12-21)26(2,3)25(31)29-22-13-9-20(27)10-14-22/h5-7,9-16,19H,4,8,17H2,1-3H3,(H,28,30)(H,29,31). The van der Waals surface area contributed by atoms with Crippen molar-refractivity contribution in [3.63, 3.8) is 0 Å². The first-order valence-electron chi connectivity index (χ1n) is 10.7. The van der Waals surface area contributed by atoms with E-state index in [2.05, 4.69) is 17.6 Å². The summed E-state index contributed by atoms with van der Waals surface area (Å²) in [6.07, 6.45) is 6.74. The second-order valence-corrected chi connectivity index (χ2v) is 9.68. The molecule has 6 heteroatoms. The number of benzene rings is 2. The maximum absolute atomic E-state index is 13.1. The predicted molar refractivity (Wildman–Crippen MR) is 129 cm³/mol. The Balaban J connectivity index is 1.52. The minimum Gasteiger partial charge on any atom is -0.326 e. The van der Waals surface area contributed by atoms with Gasteiger partial charge in [0.1, 0.15) is 5.82 Å². The van der Waals surface area contributed by atoms with Gasteiger partial charge < -0.3 is 10.6 Å². The summed E-state index contributed by atoms with van der Waals surface area (Å²) in [6, 6.07) is 13.8. The first kappa shape index (κ1) is 23.8. The Kier molecular flexibility index (Phi) is 7.91. The molecule has 32 heavy (non-hydrogen) atoms. The van der Waals surface area contributed by atoms with Crippen molar-refractivity contribution in [2.24, 2.45) is 11.3 Å². The zero-order valence-corrected chi connectivity index (χ0v) is 19.5. The van der Waals surface area contributed by atoms with E-state index in [0.29, 0.717) is 18.5 Å². The van der Waals surface area contributed by atoms with E-state index < -0.39 is 5.41 Å². The molecule has 1 unspecified atom stereocenters. The van der Waals surface area contributed by atoms with Crippen LogP contribution in [0.5, 0.6) is 0 Å². The van der Waals surface area contributed by atoms with Crippen LogP contribution >= 0.6 is 11.8 Å². The van der Waals surface area contributed by atoms with Gasteiger partial charge in [0.15, 0.2) is 0 Å². The van der Waals surface area contributed by atoms with Gasteiger partial charge in [-0.3, -0.25) is 9.59 Å². The summed E-state index contributed by atoms with van der Waals surface area (Å²) in [7, 11) is 0. The lowest BCUT2D eigenvalue weighted by atomic mass is 9.74. The monoisotopic (exact) mass is 452 g/mol. The van der Waals surface area contributed by atoms with Crippen LogP contribution in [-0.4, -0.2) is 17.6 Å². The number of thioether (sulfide) groups is 1. The van der Waals surface area contributed by atoms with Crippen molar-refractivity contribution in [3.8, 4) is 0 Å². The molecule has 0 saturated heterocycles. The van der Waals surface area contributed by atoms with Crippen molar-refractivity contribution in [2.75, 3.05) is 11.1 Å². The molecular weight excluding hydrogens is 423 g/mol. The SMILES string of the molecule is CCSc1ccc(CC(=O)NC2=CCC(C(C)(C)C(=O)Nc3ccc(F)cc3)C=C2)cc1. The molecule has 4 nitrogen and oxygen atoms in total. The van der Waals surface area contributed by atoms with Crippen LogP contribution < -0.4 is 10.6 Å². The van der Waals surface area contributed by atoms with E-state index in [0.717, 1.165) is 17.0 Å². The fourth-order valence-corrected chi connectivity index (χ4v) is 4.16. The summed E-state index contributed by atoms with van der Waals surface area (Å²) in [4.78, 5) is 26.4. The molecule has 3 rings (SSSR count). The Bertz CT molecular complexity index is 1010. The molecule has 2 aromatic carbocycles. The van der Waals surface area contributed by atoms with E-state index in [9.17, 15) is 14.0 Å². The van der Waals surface area contributed by atoms with Crippen LogP contribution in [0, 0.1) is 17.2 Å². The molecule has 0 aliphatic heterocycles. The summed E-state index contributed by atoms with van der Waals surface area (Å²) in [5, 5.41) is 5.81. The van der Waals surface area contributed by atoms with E-state index in [1.807, 2.05) is 56.3 Å². The molecule has 2 amide bonds. The molecule has 168 valence electrons. The highest BCUT2D eigenvalue weighted by Gasteiger charge is 2.35. The maximum Gasteiger partial charge on any atom is 0.230 e. The maximum atomic E-state index is 13.1. The lowest BCUT2D eigenvalue weighted by molar-refractivity contribution is -0.125. The highest BCUT2D eigenvalue weighted by Crippen LogP contribution is 2.35. The fraction of sp³-hybridized carbons (Fsp3) is 0.308. The number of anilines is 1. The van der Waals surface area contributed by atoms with Crippen molar-refractivity contribution >= 4 is 29.3 Å². The van der Waals surface area contributed by atoms with Gasteiger partial charge >= 0.3 is 0 Å². The third-order valence-corrected chi connectivity index (χ3v) is 6.49. The van der Waals surface area contributed by atoms with Crippen molar-refractivity contribution in [1.29, 1.82) is 0 Å². The van der Waals surface area contributed by atoms with Crippen molar-refractivity contribution < 1.29 is 14.0 Å². The van der Waals surface area contributed by atoms with Crippen molar-refractivity contribution in [2.45, 2.75) is 38.5 Å². The number of allylic oxidation sites excluding steroid dienone is 3. The van der Waals surface area contributed by atoms with Crippen LogP contribution in [0.15, 0.2) is 77.4 Å². The lowest BCUT2D eigenvalue weighted by Gasteiger charge is -2.32. The average molecular weight is 453 g/mol. The molecule has 2 aromatic rings. The first-order valence-corrected chi connectivity index (χ1v) is 11.7. The molecule has 0 aromatic heterocycles. The fourth-order valence-electron chi connectivity index (χ4n) is 3.50. The average Bonchev–Trinajstić information content (AvgIpc) is 2.77. The third-order valence-electron chi connectivity index (χ3n) is 5.60. The predicted octanol–water partition coefficient (Wildman–Crippen LogP) is 5.72. The second-order valence-electron chi connectivity index (χ2n) is 8.35. The first-order chi connectivity index (χ1) is 15.3. The molecule has 0 saturated carbocycles. The van der Waals surface area contributed by atoms with Crippen LogP contribution in [-0.2, 0) is 16.0 Å². The second kappa shape index (κ2) is 10.6. The number of carbonyl (C=O) groups is 2. The van der Waals surface area contributed by atoms with E-state index in [1.165, 1.54) is 17.0 Å². The van der Waals surface area contributed by atoms with Gasteiger partial charge in [0.2, 0.25) is 11.8 Å². The third kappa shape index (κ3) is 6.33. The number of carbonyl (C=O) groups excluding carboxylic acids is 2. The number of hydrogen-bond acceptors (Lipinski definition) is 3. The van der Waals surface area contributed by atoms with Crippen LogP contribution in [0.2, 0.25) is 0 Å². The lowest BCUT2D eigenvalue weighted by Crippen LogP contribution is -2.37. The number of nitrogens with one attached hydrogen (secondary N) is 2. The Labute approximate surface area is 193 Å². The summed E-state index contributed by atoms with van der Waals surface area (Å²) in [5.41, 5.74) is 1.61. The molecular formula is C26H29FN2O2S. The molecule has 1 atom stereocenters. The number of hydrogen-bond donors (Lipinski definition) is 2. The highest BCUT2D eigenvalue weighted by molar-refractivity contribution is 7.99. The van der Waals surface area contributed by atoms with E-state index in [-0.39, 0.29) is 23.5 Å². The highest BCUT2D eigenvalue weighted by atomic mass is 32.2. The van der Waals surface area contributed by atoms with Crippen LogP contribution in [0.25, 0.3) is 0 Å². The van der Waals surface area contributed by atoms with Gasteiger partial charge in [0.25, 0.3) is 0 Å². The van der Waals surface area contributed by atoms with Crippen LogP contribution in [0.1, 0.15) is 32.8 Å². The Morgan fingerprint density at radius 3 is 2.34 bits per heavy atom. The molecule has 0 spiro atoms. The smallest absolute Gasteiger partial charge is 0.230 e. The van der Waals surface area contributed by atoms with Crippen LogP contribution in [0.3, 0.4) is 0 Å². The van der Waals surface area contributed by atoms with E-state index >= 15 is 0 Å². The van der Waals surface area contributed by atoms with Gasteiger partial charge in [-0.1, -0.05) is 45.1 Å². The number of amides is 2. The van der Waals surface area contributed by atoms with Crippen LogP contribution in [0.4, 0.5) is 10.1 Å². The van der Waals surface area contributed by atoms with E-state index in [1.54, 1.807) is 23.9 Å². The summed E-state index contributed by atoms with van der Waals surface area (Å²) in [6.45, 7) is 5.89. The van der Waals surface area contributed by atoms with Gasteiger partial charge in [0, 0.05) is 16.3 Å². The Hall–Kier alpha value is -2.86. The van der Waals surface area contributed by atoms with Gasteiger partial charge in [0.05, 0.1) is 11.8 Å². The molecule has 0 heterocycles. The normalized spacial score (nSPS) is 15.8. The summed E-state index contributed by atoms with van der Waals surface area (Å²) < 4.78 is 13.1. The zero-order valence-electron chi connectivity index (χ0n) is 18.7. The summed E-state index contributed by atoms with van der Waals surface area (Å²) >= 11 is 1.77. The van der Waals surface area contributed by atoms with Gasteiger partial charge in [-0.25, -0.2) is 4.39 Å². The minimum atomic E-state index is -0.671. The van der Waals surface area contributed by atoms with Crippen molar-refractivity contribution in [3.05, 3.63) is 83.8 Å². The number of halogens is 1. The molecule has 2 N–H and O–H groups in total. The largest absolute Gasteiger partial charge is 0.326 e. The number of rotatable bonds is 8. The Morgan fingerprint density at radius 1 is 1.06 bits per heavy atom. The van der Waals surface area contributed by atoms with Gasteiger partial charge in [-0.2, -0.15) is 0 Å². The minimum absolute atomic E-state index is 0.0211. The molecule has 0 radical (unpaired) electrons. The topological polar surface area (TPSA) is 58.2 Å². The molecule has 0 bridgehead atoms. The quantitative estimate of drug-likeness (QED) is 0.504. The molecule has 1 aliphatic rings. The van der Waals surface area contributed by atoms with E-state index in [4.69, 9.17) is 0 Å². The van der Waals surface area contributed by atoms with Gasteiger partial charge in [-0.15, -0.1) is 11.8 Å². The Morgan fingerprint density at radius 2 is 1.75 bits per heavy atom. The van der Waals surface area contributed by atoms with Crippen molar-refractivity contribution in [1.82, 2.24) is 5.32 Å². The van der Waals surface area contributed by atoms with Gasteiger partial charge in [-0.05, 0) is 66.1 Å². The zero-order chi connectivity index (χ0) is 23.1. The molecule has 1 aliphatic carbocycles. The molecule has 0 fully saturated rings.